The molecule has 1 aromatic heterocycles. The van der Waals surface area contributed by atoms with Crippen molar-refractivity contribution in [3.63, 3.8) is 0 Å². The Morgan fingerprint density at radius 2 is 2.10 bits per heavy atom. The minimum Gasteiger partial charge on any atom is -0.598 e. The van der Waals surface area contributed by atoms with Gasteiger partial charge in [0, 0.05) is 26.1 Å². The first-order valence-corrected chi connectivity index (χ1v) is 8.92. The fraction of sp³-hybridized carbons (Fsp3) is 0.615. The predicted octanol–water partition coefficient (Wildman–Crippen LogP) is 3.34. The van der Waals surface area contributed by atoms with Gasteiger partial charge in [0.15, 0.2) is 0 Å². The van der Waals surface area contributed by atoms with E-state index in [2.05, 4.69) is 20.7 Å². The molecule has 20 heavy (non-hydrogen) atoms. The maximum absolute atomic E-state index is 12.4. The van der Waals surface area contributed by atoms with Crippen LogP contribution in [0.2, 0.25) is 0 Å². The molecule has 0 aliphatic carbocycles. The van der Waals surface area contributed by atoms with Gasteiger partial charge in [-0.2, -0.15) is 0 Å². The summed E-state index contributed by atoms with van der Waals surface area (Å²) in [6.45, 7) is 7.53. The van der Waals surface area contributed by atoms with Crippen molar-refractivity contribution in [3.8, 4) is 0 Å². The Hall–Kier alpha value is -0.0800. The Kier molecular flexibility index (Phi) is 6.10. The van der Waals surface area contributed by atoms with E-state index in [0.29, 0.717) is 0 Å². The van der Waals surface area contributed by atoms with Crippen molar-refractivity contribution in [2.24, 2.45) is 0 Å². The highest BCUT2D eigenvalue weighted by atomic mass is 79.9. The molecule has 7 heteroatoms. The van der Waals surface area contributed by atoms with Crippen LogP contribution >= 0.6 is 27.3 Å². The molecular formula is C13H20BrNO3S2. The molecule has 0 fully saturated rings. The second-order valence-electron chi connectivity index (χ2n) is 5.70. The fourth-order valence-corrected chi connectivity index (χ4v) is 4.00. The molecule has 0 saturated carbocycles. The summed E-state index contributed by atoms with van der Waals surface area (Å²) >= 11 is 3.63. The topological polar surface area (TPSA) is 61.4 Å². The molecule has 0 amide bonds. The lowest BCUT2D eigenvalue weighted by Crippen LogP contribution is -2.50. The van der Waals surface area contributed by atoms with Crippen LogP contribution in [-0.4, -0.2) is 22.4 Å². The lowest BCUT2D eigenvalue weighted by molar-refractivity contribution is -0.142. The number of thiophene rings is 1. The zero-order valence-corrected chi connectivity index (χ0v) is 15.5. The monoisotopic (exact) mass is 381 g/mol. The van der Waals surface area contributed by atoms with E-state index in [-0.39, 0.29) is 12.4 Å². The van der Waals surface area contributed by atoms with Crippen LogP contribution in [0.15, 0.2) is 15.9 Å². The predicted molar refractivity (Wildman–Crippen MR) is 87.0 cm³/mol. The van der Waals surface area contributed by atoms with Gasteiger partial charge in [-0.05, 0) is 49.7 Å². The van der Waals surface area contributed by atoms with E-state index in [0.717, 1.165) is 9.35 Å². The van der Waals surface area contributed by atoms with Crippen molar-refractivity contribution in [1.29, 1.82) is 0 Å². The molecule has 4 nitrogen and oxygen atoms in total. The van der Waals surface area contributed by atoms with Gasteiger partial charge < -0.3 is 9.29 Å². The Morgan fingerprint density at radius 3 is 2.50 bits per heavy atom. The third-order valence-electron chi connectivity index (χ3n) is 2.71. The molecule has 0 spiro atoms. The lowest BCUT2D eigenvalue weighted by Gasteiger charge is -2.33. The molecule has 0 aromatic carbocycles. The number of halogens is 1. The van der Waals surface area contributed by atoms with Crippen molar-refractivity contribution in [2.45, 2.75) is 44.4 Å². The third kappa shape index (κ3) is 4.73. The molecule has 0 bridgehead atoms. The molecule has 1 unspecified atom stereocenters. The van der Waals surface area contributed by atoms with E-state index in [4.69, 9.17) is 4.74 Å². The quantitative estimate of drug-likeness (QED) is 0.627. The highest BCUT2D eigenvalue weighted by Gasteiger charge is 2.40. The molecule has 1 rings (SSSR count). The molecule has 0 aliphatic rings. The SMILES string of the molecule is COC(=O)C[C@](C)(N[S+]([O-])C(C)(C)C)c1cc(Br)cs1. The summed E-state index contributed by atoms with van der Waals surface area (Å²) in [6, 6.07) is 1.93. The minimum absolute atomic E-state index is 0.123. The molecule has 1 aromatic rings. The molecule has 114 valence electrons. The first-order chi connectivity index (χ1) is 9.08. The minimum atomic E-state index is -1.28. The van der Waals surface area contributed by atoms with Gasteiger partial charge in [-0.3, -0.25) is 4.79 Å². The van der Waals surface area contributed by atoms with Crippen molar-refractivity contribution < 1.29 is 14.1 Å². The van der Waals surface area contributed by atoms with Crippen LogP contribution < -0.4 is 4.72 Å². The number of nitrogens with one attached hydrogen (secondary N) is 1. The summed E-state index contributed by atoms with van der Waals surface area (Å²) < 4.78 is 20.7. The molecule has 2 atom stereocenters. The van der Waals surface area contributed by atoms with Crippen LogP contribution in [0.4, 0.5) is 0 Å². The van der Waals surface area contributed by atoms with Gasteiger partial charge in [-0.1, -0.05) is 0 Å². The zero-order chi connectivity index (χ0) is 15.6. The van der Waals surface area contributed by atoms with E-state index in [9.17, 15) is 9.35 Å². The second kappa shape index (κ2) is 6.79. The molecule has 1 heterocycles. The van der Waals surface area contributed by atoms with Crippen LogP contribution in [0, 0.1) is 0 Å². The van der Waals surface area contributed by atoms with Gasteiger partial charge in [-0.25, -0.2) is 0 Å². The molecule has 0 aliphatic heterocycles. The lowest BCUT2D eigenvalue weighted by atomic mass is 9.97. The van der Waals surface area contributed by atoms with Gasteiger partial charge >= 0.3 is 5.97 Å². The fourth-order valence-electron chi connectivity index (χ4n) is 1.49. The van der Waals surface area contributed by atoms with Crippen LogP contribution in [0.25, 0.3) is 0 Å². The summed E-state index contributed by atoms with van der Waals surface area (Å²) in [5.74, 6) is -0.338. The summed E-state index contributed by atoms with van der Waals surface area (Å²) in [6.07, 6.45) is 0.123. The Labute approximate surface area is 135 Å². The van der Waals surface area contributed by atoms with E-state index in [1.807, 2.05) is 39.1 Å². The highest BCUT2D eigenvalue weighted by molar-refractivity contribution is 9.10. The van der Waals surface area contributed by atoms with E-state index >= 15 is 0 Å². The molecule has 0 saturated heterocycles. The normalized spacial score (nSPS) is 16.6. The summed E-state index contributed by atoms with van der Waals surface area (Å²) in [5.41, 5.74) is -0.720. The number of hydrogen-bond acceptors (Lipinski definition) is 5. The number of carbonyl (C=O) groups is 1. The van der Waals surface area contributed by atoms with Crippen molar-refractivity contribution in [2.75, 3.05) is 7.11 Å². The van der Waals surface area contributed by atoms with Gasteiger partial charge in [0.25, 0.3) is 0 Å². The smallest absolute Gasteiger partial charge is 0.307 e. The van der Waals surface area contributed by atoms with Gasteiger partial charge in [0.05, 0.1) is 13.5 Å². The maximum atomic E-state index is 12.4. The standard InChI is InChI=1S/C13H20BrNO3S2/c1-12(2,3)20(17)15-13(4,7-11(16)18-5)10-6-9(14)8-19-10/h6,8,15H,7H2,1-5H3/t13-,20?/m0/s1. The van der Waals surface area contributed by atoms with E-state index < -0.39 is 21.6 Å². The Balaban J connectivity index is 3.04. The number of hydrogen-bond donors (Lipinski definition) is 1. The molecular weight excluding hydrogens is 362 g/mol. The van der Waals surface area contributed by atoms with Crippen molar-refractivity contribution in [1.82, 2.24) is 4.72 Å². The van der Waals surface area contributed by atoms with E-state index in [1.54, 1.807) is 0 Å². The first kappa shape index (κ1) is 18.0. The zero-order valence-electron chi connectivity index (χ0n) is 12.3. The number of carbonyl (C=O) groups excluding carboxylic acids is 1. The Morgan fingerprint density at radius 1 is 1.50 bits per heavy atom. The average Bonchev–Trinajstić information content (AvgIpc) is 2.75. The van der Waals surface area contributed by atoms with Crippen LogP contribution in [0.1, 0.15) is 39.0 Å². The van der Waals surface area contributed by atoms with Gasteiger partial charge in [-0.15, -0.1) is 16.1 Å². The highest BCUT2D eigenvalue weighted by Crippen LogP contribution is 2.34. The average molecular weight is 382 g/mol. The van der Waals surface area contributed by atoms with Crippen LogP contribution in [-0.2, 0) is 26.4 Å². The van der Waals surface area contributed by atoms with Gasteiger partial charge in [0.2, 0.25) is 0 Å². The van der Waals surface area contributed by atoms with Crippen molar-refractivity contribution in [3.05, 3.63) is 20.8 Å². The number of methoxy groups -OCH3 is 1. The second-order valence-corrected chi connectivity index (χ2v) is 9.49. The van der Waals surface area contributed by atoms with E-state index in [1.165, 1.54) is 18.4 Å². The summed E-state index contributed by atoms with van der Waals surface area (Å²) in [7, 11) is 1.35. The third-order valence-corrected chi connectivity index (χ3v) is 6.41. The maximum Gasteiger partial charge on any atom is 0.307 e. The van der Waals surface area contributed by atoms with Crippen LogP contribution in [0.5, 0.6) is 0 Å². The molecule has 1 N–H and O–H groups in total. The number of ether oxygens (including phenoxy) is 1. The summed E-state index contributed by atoms with van der Waals surface area (Å²) in [5, 5.41) is 1.94. The van der Waals surface area contributed by atoms with Crippen LogP contribution in [0.3, 0.4) is 0 Å². The van der Waals surface area contributed by atoms with Crippen molar-refractivity contribution >= 4 is 44.6 Å². The molecule has 0 radical (unpaired) electrons. The number of esters is 1. The first-order valence-electron chi connectivity index (χ1n) is 6.09. The Bertz CT molecular complexity index is 472. The van der Waals surface area contributed by atoms with Gasteiger partial charge in [0.1, 0.15) is 10.3 Å². The number of rotatable bonds is 5. The largest absolute Gasteiger partial charge is 0.598 e. The summed E-state index contributed by atoms with van der Waals surface area (Å²) in [4.78, 5) is 12.6.